The van der Waals surface area contributed by atoms with Crippen LogP contribution in [0, 0.1) is 0 Å². The highest BCUT2D eigenvalue weighted by molar-refractivity contribution is 7.92. The predicted octanol–water partition coefficient (Wildman–Crippen LogP) is 5.03. The molecule has 0 radical (unpaired) electrons. The van der Waals surface area contributed by atoms with Gasteiger partial charge in [-0.25, -0.2) is 8.42 Å². The molecule has 0 spiro atoms. The molecule has 11 heteroatoms. The van der Waals surface area contributed by atoms with Crippen molar-refractivity contribution in [3.63, 3.8) is 0 Å². The minimum Gasteiger partial charge on any atom is -0.496 e. The molecular formula is C35H45N5O5S. The van der Waals surface area contributed by atoms with Crippen molar-refractivity contribution in [2.45, 2.75) is 31.7 Å². The number of methoxy groups -OCH3 is 2. The monoisotopic (exact) mass is 647 g/mol. The molecule has 4 N–H and O–H groups in total. The Morgan fingerprint density at radius 2 is 1.67 bits per heavy atom. The largest absolute Gasteiger partial charge is 0.496 e. The number of primary amides is 1. The zero-order valence-electron chi connectivity index (χ0n) is 27.1. The van der Waals surface area contributed by atoms with Crippen LogP contribution < -0.4 is 25.2 Å². The molecule has 1 saturated heterocycles. The zero-order valence-corrected chi connectivity index (χ0v) is 27.9. The number of likely N-dealkylation sites (tertiary alicyclic amines) is 1. The van der Waals surface area contributed by atoms with Gasteiger partial charge in [-0.3, -0.25) is 9.10 Å². The van der Waals surface area contributed by atoms with E-state index in [4.69, 9.17) is 20.9 Å². The Balaban J connectivity index is 0.000000337. The molecule has 5 rings (SSSR count). The lowest BCUT2D eigenvalue weighted by Gasteiger charge is -2.33. The number of nitrogens with two attached hydrogens (primary N) is 2. The maximum Gasteiger partial charge on any atom is 0.248 e. The Morgan fingerprint density at radius 3 is 2.30 bits per heavy atom. The summed E-state index contributed by atoms with van der Waals surface area (Å²) < 4.78 is 38.1. The molecule has 4 aromatic rings. The molecule has 1 aromatic heterocycles. The summed E-state index contributed by atoms with van der Waals surface area (Å²) in [5.74, 6) is 1.22. The maximum absolute atomic E-state index is 11.9. The molecule has 0 bridgehead atoms. The summed E-state index contributed by atoms with van der Waals surface area (Å²) in [5, 5.41) is 1.11. The second-order valence-corrected chi connectivity index (χ2v) is 13.5. The Hall–Kier alpha value is -4.48. The van der Waals surface area contributed by atoms with Crippen LogP contribution in [0.25, 0.3) is 10.9 Å². The Kier molecular flexibility index (Phi) is 11.4. The van der Waals surface area contributed by atoms with E-state index in [1.807, 2.05) is 48.5 Å². The van der Waals surface area contributed by atoms with Crippen molar-refractivity contribution in [2.24, 2.45) is 5.73 Å². The summed E-state index contributed by atoms with van der Waals surface area (Å²) >= 11 is 0. The second kappa shape index (κ2) is 15.2. The fourth-order valence-electron chi connectivity index (χ4n) is 5.78. The second-order valence-electron chi connectivity index (χ2n) is 11.5. The van der Waals surface area contributed by atoms with Crippen LogP contribution in [0.4, 0.5) is 11.4 Å². The third-order valence-electron chi connectivity index (χ3n) is 8.45. The Bertz CT molecular complexity index is 1780. The molecule has 10 nitrogen and oxygen atoms in total. The number of sulfonamides is 1. The van der Waals surface area contributed by atoms with Crippen molar-refractivity contribution in [2.75, 3.05) is 57.2 Å². The molecule has 1 amide bonds. The van der Waals surface area contributed by atoms with Gasteiger partial charge in [-0.2, -0.15) is 0 Å². The number of anilines is 2. The lowest BCUT2D eigenvalue weighted by Crippen LogP contribution is -2.36. The summed E-state index contributed by atoms with van der Waals surface area (Å²) in [6.45, 7) is 6.46. The topological polar surface area (TPSA) is 133 Å². The lowest BCUT2D eigenvalue weighted by molar-refractivity contribution is 0.100. The number of hydrogen-bond donors (Lipinski definition) is 2. The fourth-order valence-corrected chi connectivity index (χ4v) is 6.28. The van der Waals surface area contributed by atoms with Crippen LogP contribution in [-0.4, -0.2) is 70.9 Å². The van der Waals surface area contributed by atoms with Crippen molar-refractivity contribution in [1.82, 2.24) is 9.47 Å². The van der Waals surface area contributed by atoms with Gasteiger partial charge in [0.05, 0.1) is 26.2 Å². The number of fused-ring (bicyclic) bond motifs is 1. The highest BCUT2D eigenvalue weighted by Crippen LogP contribution is 2.30. The van der Waals surface area contributed by atoms with Crippen LogP contribution in [0.2, 0.25) is 0 Å². The van der Waals surface area contributed by atoms with Gasteiger partial charge in [0.1, 0.15) is 11.5 Å². The summed E-state index contributed by atoms with van der Waals surface area (Å²) in [6, 6.07) is 19.2. The molecular weight excluding hydrogens is 602 g/mol. The number of nitrogens with zero attached hydrogens (tertiary/aromatic N) is 3. The number of aromatic nitrogens is 1. The van der Waals surface area contributed by atoms with Crippen molar-refractivity contribution in [1.29, 1.82) is 0 Å². The van der Waals surface area contributed by atoms with Crippen LogP contribution in [0.15, 0.2) is 79.5 Å². The van der Waals surface area contributed by atoms with E-state index in [1.165, 1.54) is 10.6 Å². The highest BCUT2D eigenvalue weighted by atomic mass is 32.2. The number of amides is 1. The molecule has 1 fully saturated rings. The highest BCUT2D eigenvalue weighted by Gasteiger charge is 2.22. The van der Waals surface area contributed by atoms with Gasteiger partial charge in [0.15, 0.2) is 0 Å². The van der Waals surface area contributed by atoms with Crippen LogP contribution in [-0.2, 0) is 22.9 Å². The smallest absolute Gasteiger partial charge is 0.248 e. The normalized spacial score (nSPS) is 13.9. The number of carbonyl (C=O) groups is 1. The predicted molar refractivity (Wildman–Crippen MR) is 186 cm³/mol. The van der Waals surface area contributed by atoms with Crippen LogP contribution >= 0.6 is 0 Å². The third kappa shape index (κ3) is 8.41. The molecule has 0 aliphatic carbocycles. The van der Waals surface area contributed by atoms with Crippen LogP contribution in [0.5, 0.6) is 11.5 Å². The molecule has 3 aromatic carbocycles. The van der Waals surface area contributed by atoms with E-state index in [0.717, 1.165) is 84.5 Å². The number of allylic oxidation sites excluding steroid dienone is 1. The van der Waals surface area contributed by atoms with E-state index in [-0.39, 0.29) is 0 Å². The standard InChI is InChI=1S/C25H32N4O4S.C10H13NO/c1-27(34(3,31)32)22-6-7-24(33-2)19(16-22)8-12-28-13-10-21(11-14-28)29-15-9-18-4-5-20(25(26)30)17-23(18)29;1-3-4-8-7-9(11)5-6-10(8)12-2/h4-7,9,15-17,21H,8,10-14H2,1-3H3,(H2,26,30);3,5-7H,1,4,11H2,2H3. The molecule has 1 aliphatic rings. The average molecular weight is 648 g/mol. The van der Waals surface area contributed by atoms with E-state index in [9.17, 15) is 13.2 Å². The zero-order chi connectivity index (χ0) is 33.4. The summed E-state index contributed by atoms with van der Waals surface area (Å²) in [4.78, 5) is 14.0. The molecule has 1 aliphatic heterocycles. The molecule has 2 heterocycles. The fraction of sp³-hybridized carbons (Fsp3) is 0.343. The van der Waals surface area contributed by atoms with Crippen molar-refractivity contribution in [3.8, 4) is 11.5 Å². The number of piperidine rings is 1. The van der Waals surface area contributed by atoms with Gasteiger partial charge in [0, 0.05) is 55.7 Å². The average Bonchev–Trinajstić information content (AvgIpc) is 3.47. The molecule has 0 unspecified atom stereocenters. The van der Waals surface area contributed by atoms with E-state index >= 15 is 0 Å². The Morgan fingerprint density at radius 1 is 1.00 bits per heavy atom. The number of rotatable bonds is 11. The lowest BCUT2D eigenvalue weighted by atomic mass is 10.0. The summed E-state index contributed by atoms with van der Waals surface area (Å²) in [6.07, 6.45) is 8.71. The van der Waals surface area contributed by atoms with E-state index < -0.39 is 15.9 Å². The minimum absolute atomic E-state index is 0.373. The molecule has 0 saturated carbocycles. The van der Waals surface area contributed by atoms with Gasteiger partial charge in [-0.1, -0.05) is 12.1 Å². The number of benzene rings is 3. The first-order valence-electron chi connectivity index (χ1n) is 15.2. The first-order valence-corrected chi connectivity index (χ1v) is 17.1. The molecule has 0 atom stereocenters. The van der Waals surface area contributed by atoms with Gasteiger partial charge < -0.3 is 30.4 Å². The van der Waals surface area contributed by atoms with E-state index in [0.29, 0.717) is 17.3 Å². The number of ether oxygens (including phenoxy) is 2. The van der Waals surface area contributed by atoms with Gasteiger partial charge in [-0.15, -0.1) is 6.58 Å². The summed E-state index contributed by atoms with van der Waals surface area (Å²) in [5.41, 5.74) is 16.1. The molecule has 246 valence electrons. The third-order valence-corrected chi connectivity index (χ3v) is 9.66. The number of carbonyl (C=O) groups excluding carboxylic acids is 1. The summed E-state index contributed by atoms with van der Waals surface area (Å²) in [7, 11) is 1.52. The Labute approximate surface area is 272 Å². The van der Waals surface area contributed by atoms with Crippen molar-refractivity contribution < 1.29 is 22.7 Å². The van der Waals surface area contributed by atoms with Gasteiger partial charge in [0.2, 0.25) is 15.9 Å². The van der Waals surface area contributed by atoms with Crippen LogP contribution in [0.3, 0.4) is 0 Å². The van der Waals surface area contributed by atoms with Gasteiger partial charge in [-0.05, 0) is 96.8 Å². The first kappa shape index (κ1) is 34.4. The quantitative estimate of drug-likeness (QED) is 0.172. The van der Waals surface area contributed by atoms with E-state index in [2.05, 4.69) is 28.3 Å². The van der Waals surface area contributed by atoms with Crippen LogP contribution in [0.1, 0.15) is 40.4 Å². The van der Waals surface area contributed by atoms with Crippen molar-refractivity contribution >= 4 is 38.2 Å². The van der Waals surface area contributed by atoms with Gasteiger partial charge >= 0.3 is 0 Å². The minimum atomic E-state index is -3.32. The van der Waals surface area contributed by atoms with Crippen molar-refractivity contribution in [3.05, 3.63) is 96.2 Å². The SMILES string of the molecule is C=CCc1cc(N)ccc1OC.COc1ccc(N(C)S(C)(=O)=O)cc1CCN1CCC(n2ccc3ccc(C(N)=O)cc32)CC1. The first-order chi connectivity index (χ1) is 21.9. The maximum atomic E-state index is 11.9. The molecule has 46 heavy (non-hydrogen) atoms. The van der Waals surface area contributed by atoms with E-state index in [1.54, 1.807) is 33.4 Å². The number of hydrogen-bond acceptors (Lipinski definition) is 7. The number of nitrogen functional groups attached to an aromatic ring is 1. The van der Waals surface area contributed by atoms with Gasteiger partial charge in [0.25, 0.3) is 0 Å².